The lowest BCUT2D eigenvalue weighted by molar-refractivity contribution is 1.03. The largest absolute Gasteiger partial charge is 0.371 e. The first-order valence-corrected chi connectivity index (χ1v) is 4.15. The van der Waals surface area contributed by atoms with Crippen molar-refractivity contribution in [2.75, 3.05) is 18.5 Å². The number of likely N-dealkylation sites (N-methyl/N-ethyl adjacent to an activating group) is 1. The van der Waals surface area contributed by atoms with Crippen LogP contribution in [0.1, 0.15) is 0 Å². The Kier molecular flexibility index (Phi) is 3.59. The van der Waals surface area contributed by atoms with Crippen molar-refractivity contribution in [3.63, 3.8) is 0 Å². The van der Waals surface area contributed by atoms with E-state index in [1.807, 2.05) is 49.5 Å². The molecule has 0 aliphatic heterocycles. The number of hydrogen-bond donors (Lipinski definition) is 0. The number of para-hydroxylation sites is 1. The molecule has 0 bridgehead atoms. The predicted molar refractivity (Wildman–Crippen MR) is 54.5 cm³/mol. The van der Waals surface area contributed by atoms with Gasteiger partial charge in [-0.05, 0) is 12.1 Å². The van der Waals surface area contributed by atoms with Crippen molar-refractivity contribution in [1.29, 1.82) is 5.26 Å². The van der Waals surface area contributed by atoms with E-state index in [0.717, 1.165) is 12.2 Å². The van der Waals surface area contributed by atoms with Crippen LogP contribution in [0.4, 0.5) is 5.69 Å². The summed E-state index contributed by atoms with van der Waals surface area (Å²) in [6.45, 7) is 0.761. The Morgan fingerprint density at radius 1 is 1.38 bits per heavy atom. The monoisotopic (exact) mass is 172 g/mol. The van der Waals surface area contributed by atoms with Crippen molar-refractivity contribution < 1.29 is 0 Å². The zero-order valence-corrected chi connectivity index (χ0v) is 7.64. The lowest BCUT2D eigenvalue weighted by Gasteiger charge is -2.16. The van der Waals surface area contributed by atoms with E-state index in [1.54, 1.807) is 0 Å². The van der Waals surface area contributed by atoms with Crippen molar-refractivity contribution >= 4 is 5.69 Å². The van der Waals surface area contributed by atoms with Gasteiger partial charge in [-0.25, -0.2) is 0 Å². The highest BCUT2D eigenvalue weighted by Gasteiger charge is 1.94. The van der Waals surface area contributed by atoms with E-state index < -0.39 is 0 Å². The Bertz CT molecular complexity index is 309. The van der Waals surface area contributed by atoms with Crippen molar-refractivity contribution in [1.82, 2.24) is 0 Å². The van der Waals surface area contributed by atoms with Crippen LogP contribution >= 0.6 is 0 Å². The van der Waals surface area contributed by atoms with Crippen LogP contribution in [0.25, 0.3) is 0 Å². The number of rotatable bonds is 3. The van der Waals surface area contributed by atoms with Gasteiger partial charge in [-0.1, -0.05) is 24.3 Å². The molecule has 0 saturated carbocycles. The van der Waals surface area contributed by atoms with Crippen LogP contribution in [0.15, 0.2) is 42.5 Å². The van der Waals surface area contributed by atoms with E-state index in [1.165, 1.54) is 6.08 Å². The molecule has 0 radical (unpaired) electrons. The molecule has 1 rings (SSSR count). The normalized spacial score (nSPS) is 9.85. The Labute approximate surface area is 78.7 Å². The van der Waals surface area contributed by atoms with Crippen LogP contribution in [0, 0.1) is 11.3 Å². The minimum absolute atomic E-state index is 0.761. The predicted octanol–water partition coefficient (Wildman–Crippen LogP) is 2.20. The number of nitriles is 1. The first-order chi connectivity index (χ1) is 6.34. The lowest BCUT2D eigenvalue weighted by atomic mass is 10.3. The summed E-state index contributed by atoms with van der Waals surface area (Å²) in [5.74, 6) is 0. The molecule has 2 nitrogen and oxygen atoms in total. The maximum atomic E-state index is 8.29. The summed E-state index contributed by atoms with van der Waals surface area (Å²) < 4.78 is 0. The van der Waals surface area contributed by atoms with Gasteiger partial charge in [0.2, 0.25) is 0 Å². The molecule has 1 aromatic carbocycles. The Hall–Kier alpha value is -1.75. The van der Waals surface area contributed by atoms with Crippen LogP contribution in [-0.4, -0.2) is 13.6 Å². The fourth-order valence-corrected chi connectivity index (χ4v) is 1.05. The van der Waals surface area contributed by atoms with Crippen LogP contribution in [0.5, 0.6) is 0 Å². The van der Waals surface area contributed by atoms with Crippen LogP contribution in [0.2, 0.25) is 0 Å². The maximum Gasteiger partial charge on any atom is 0.0909 e. The van der Waals surface area contributed by atoms with Gasteiger partial charge in [-0.15, -0.1) is 0 Å². The molecule has 0 fully saturated rings. The lowest BCUT2D eigenvalue weighted by Crippen LogP contribution is -2.16. The molecule has 1 aromatic rings. The molecule has 0 atom stereocenters. The van der Waals surface area contributed by atoms with Gasteiger partial charge in [-0.3, -0.25) is 0 Å². The van der Waals surface area contributed by atoms with E-state index in [-0.39, 0.29) is 0 Å². The Morgan fingerprint density at radius 3 is 2.69 bits per heavy atom. The first-order valence-electron chi connectivity index (χ1n) is 4.15. The maximum absolute atomic E-state index is 8.29. The molecule has 0 amide bonds. The van der Waals surface area contributed by atoms with E-state index >= 15 is 0 Å². The minimum Gasteiger partial charge on any atom is -0.371 e. The summed E-state index contributed by atoms with van der Waals surface area (Å²) in [5, 5.41) is 8.29. The number of anilines is 1. The molecular weight excluding hydrogens is 160 g/mol. The van der Waals surface area contributed by atoms with Crippen LogP contribution < -0.4 is 4.90 Å². The van der Waals surface area contributed by atoms with Crippen molar-refractivity contribution in [3.8, 4) is 6.07 Å². The van der Waals surface area contributed by atoms with Gasteiger partial charge in [0, 0.05) is 25.4 Å². The van der Waals surface area contributed by atoms with E-state index in [0.29, 0.717) is 0 Å². The summed E-state index contributed by atoms with van der Waals surface area (Å²) in [6, 6.07) is 12.0. The van der Waals surface area contributed by atoms with Crippen LogP contribution in [0.3, 0.4) is 0 Å². The number of benzene rings is 1. The fourth-order valence-electron chi connectivity index (χ4n) is 1.05. The average molecular weight is 172 g/mol. The molecule has 66 valence electrons. The quantitative estimate of drug-likeness (QED) is 0.653. The zero-order chi connectivity index (χ0) is 9.52. The van der Waals surface area contributed by atoms with Crippen molar-refractivity contribution in [3.05, 3.63) is 42.5 Å². The van der Waals surface area contributed by atoms with Gasteiger partial charge in [0.15, 0.2) is 0 Å². The van der Waals surface area contributed by atoms with E-state index in [2.05, 4.69) is 4.90 Å². The molecular formula is C11H12N2. The molecule has 2 heteroatoms. The highest BCUT2D eigenvalue weighted by atomic mass is 15.1. The van der Waals surface area contributed by atoms with Crippen molar-refractivity contribution in [2.45, 2.75) is 0 Å². The highest BCUT2D eigenvalue weighted by molar-refractivity contribution is 5.45. The SMILES string of the molecule is CN(C/C=C/C#N)c1ccccc1. The van der Waals surface area contributed by atoms with Crippen LogP contribution in [-0.2, 0) is 0 Å². The average Bonchev–Trinajstić information content (AvgIpc) is 2.19. The fraction of sp³-hybridized carbons (Fsp3) is 0.182. The topological polar surface area (TPSA) is 27.0 Å². The van der Waals surface area contributed by atoms with Crippen molar-refractivity contribution in [2.24, 2.45) is 0 Å². The summed E-state index contributed by atoms with van der Waals surface area (Å²) in [5.41, 5.74) is 1.16. The van der Waals surface area contributed by atoms with E-state index in [9.17, 15) is 0 Å². The summed E-state index contributed by atoms with van der Waals surface area (Å²) in [7, 11) is 2.00. The van der Waals surface area contributed by atoms with Gasteiger partial charge >= 0.3 is 0 Å². The van der Waals surface area contributed by atoms with Gasteiger partial charge in [-0.2, -0.15) is 5.26 Å². The second-order valence-corrected chi connectivity index (χ2v) is 2.75. The standard InChI is InChI=1S/C11H12N2/c1-13(10-6-5-9-12)11-7-3-2-4-8-11/h2-8H,10H2,1H3/b6-5+. The Balaban J connectivity index is 2.55. The second-order valence-electron chi connectivity index (χ2n) is 2.75. The third kappa shape index (κ3) is 3.00. The zero-order valence-electron chi connectivity index (χ0n) is 7.64. The smallest absolute Gasteiger partial charge is 0.0909 e. The molecule has 0 heterocycles. The molecule has 0 N–H and O–H groups in total. The van der Waals surface area contributed by atoms with Gasteiger partial charge in [0.1, 0.15) is 0 Å². The highest BCUT2D eigenvalue weighted by Crippen LogP contribution is 2.09. The molecule has 13 heavy (non-hydrogen) atoms. The number of hydrogen-bond acceptors (Lipinski definition) is 2. The van der Waals surface area contributed by atoms with E-state index in [4.69, 9.17) is 5.26 Å². The van der Waals surface area contributed by atoms with Gasteiger partial charge in [0.05, 0.1) is 6.07 Å². The summed E-state index contributed by atoms with van der Waals surface area (Å²) in [6.07, 6.45) is 3.34. The third-order valence-electron chi connectivity index (χ3n) is 1.77. The summed E-state index contributed by atoms with van der Waals surface area (Å²) in [4.78, 5) is 2.08. The molecule has 0 aliphatic carbocycles. The number of allylic oxidation sites excluding steroid dienone is 1. The number of nitrogens with zero attached hydrogens (tertiary/aromatic N) is 2. The first kappa shape index (κ1) is 9.34. The molecule has 0 saturated heterocycles. The molecule has 0 unspecified atom stereocenters. The van der Waals surface area contributed by atoms with Gasteiger partial charge < -0.3 is 4.90 Å². The molecule has 0 aliphatic rings. The third-order valence-corrected chi connectivity index (χ3v) is 1.77. The molecule has 0 spiro atoms. The second kappa shape index (κ2) is 5.00. The van der Waals surface area contributed by atoms with Gasteiger partial charge in [0.25, 0.3) is 0 Å². The minimum atomic E-state index is 0.761. The summed E-state index contributed by atoms with van der Waals surface area (Å²) >= 11 is 0. The Morgan fingerprint density at radius 2 is 2.08 bits per heavy atom. The molecule has 0 aromatic heterocycles.